The van der Waals surface area contributed by atoms with Crippen LogP contribution in [-0.4, -0.2) is 23.6 Å². The van der Waals surface area contributed by atoms with Crippen LogP contribution in [0.25, 0.3) is 11.3 Å². The van der Waals surface area contributed by atoms with Gasteiger partial charge in [-0.1, -0.05) is 36.4 Å². The predicted octanol–water partition coefficient (Wildman–Crippen LogP) is 3.69. The maximum Gasteiger partial charge on any atom is 0.270 e. The molecule has 2 aliphatic rings. The zero-order valence-corrected chi connectivity index (χ0v) is 14.7. The van der Waals surface area contributed by atoms with Crippen LogP contribution in [0.15, 0.2) is 48.5 Å². The molecular formula is C20H16N2O3S. The molecule has 5 rings (SSSR count). The zero-order valence-electron chi connectivity index (χ0n) is 13.9. The Kier molecular flexibility index (Phi) is 3.64. The summed E-state index contributed by atoms with van der Waals surface area (Å²) in [6.45, 7) is 0.191. The lowest BCUT2D eigenvalue weighted by atomic mass is 9.94. The summed E-state index contributed by atoms with van der Waals surface area (Å²) in [5.74, 6) is 1.02. The fourth-order valence-corrected chi connectivity index (χ4v) is 4.32. The summed E-state index contributed by atoms with van der Waals surface area (Å²) in [7, 11) is 0. The van der Waals surface area contributed by atoms with Crippen LogP contribution in [0.1, 0.15) is 10.4 Å². The summed E-state index contributed by atoms with van der Waals surface area (Å²) < 4.78 is 11.4. The Morgan fingerprint density at radius 2 is 1.88 bits per heavy atom. The number of nitrogens with zero attached hydrogens (tertiary/aromatic N) is 1. The quantitative estimate of drug-likeness (QED) is 0.753. The second-order valence-electron chi connectivity index (χ2n) is 6.30. The smallest absolute Gasteiger partial charge is 0.270 e. The Morgan fingerprint density at radius 3 is 2.81 bits per heavy atom. The van der Waals surface area contributed by atoms with E-state index in [0.717, 1.165) is 24.1 Å². The van der Waals surface area contributed by atoms with Gasteiger partial charge in [-0.3, -0.25) is 10.1 Å². The fraction of sp³-hybridized carbons (Fsp3) is 0.200. The van der Waals surface area contributed by atoms with E-state index in [1.807, 2.05) is 24.3 Å². The van der Waals surface area contributed by atoms with Gasteiger partial charge >= 0.3 is 0 Å². The first-order valence-corrected chi connectivity index (χ1v) is 9.37. The number of para-hydroxylation sites is 2. The molecule has 1 N–H and O–H groups in total. The van der Waals surface area contributed by atoms with Crippen LogP contribution in [0.3, 0.4) is 0 Å². The number of carbonyl (C=O) groups excluding carboxylic acids is 1. The van der Waals surface area contributed by atoms with E-state index in [4.69, 9.17) is 9.47 Å². The maximum atomic E-state index is 12.6. The van der Waals surface area contributed by atoms with Crippen molar-refractivity contribution >= 4 is 22.4 Å². The van der Waals surface area contributed by atoms with Gasteiger partial charge in [0.25, 0.3) is 5.91 Å². The summed E-state index contributed by atoms with van der Waals surface area (Å²) in [5.41, 5.74) is 3.46. The van der Waals surface area contributed by atoms with Gasteiger partial charge in [0.2, 0.25) is 6.10 Å². The maximum absolute atomic E-state index is 12.6. The number of benzene rings is 2. The molecule has 3 aromatic rings. The van der Waals surface area contributed by atoms with Crippen LogP contribution in [-0.2, 0) is 17.6 Å². The third-order valence-electron chi connectivity index (χ3n) is 4.62. The largest absolute Gasteiger partial charge is 0.485 e. The van der Waals surface area contributed by atoms with E-state index >= 15 is 0 Å². The molecule has 1 atom stereocenters. The highest BCUT2D eigenvalue weighted by atomic mass is 32.1. The highest BCUT2D eigenvalue weighted by molar-refractivity contribution is 7.16. The SMILES string of the molecule is O=C(Nc1nc2c(s1)CCc1ccccc1-2)C1COc2ccccc2O1. The van der Waals surface area contributed by atoms with Gasteiger partial charge in [-0.2, -0.15) is 0 Å². The third-order valence-corrected chi connectivity index (χ3v) is 5.65. The number of thiazole rings is 1. The number of anilines is 1. The molecule has 0 saturated carbocycles. The van der Waals surface area contributed by atoms with Gasteiger partial charge in [0.15, 0.2) is 16.6 Å². The van der Waals surface area contributed by atoms with Crippen molar-refractivity contribution in [2.24, 2.45) is 0 Å². The molecule has 1 amide bonds. The summed E-state index contributed by atoms with van der Waals surface area (Å²) >= 11 is 1.54. The minimum atomic E-state index is -0.682. The molecule has 0 spiro atoms. The van der Waals surface area contributed by atoms with Gasteiger partial charge in [0.05, 0.1) is 5.69 Å². The summed E-state index contributed by atoms with van der Waals surface area (Å²) in [5, 5.41) is 3.50. The molecule has 0 radical (unpaired) electrons. The van der Waals surface area contributed by atoms with E-state index in [9.17, 15) is 4.79 Å². The Bertz CT molecular complexity index is 998. The van der Waals surface area contributed by atoms with Crippen molar-refractivity contribution in [2.75, 3.05) is 11.9 Å². The molecule has 130 valence electrons. The molecule has 0 saturated heterocycles. The van der Waals surface area contributed by atoms with Crippen LogP contribution in [0.4, 0.5) is 5.13 Å². The van der Waals surface area contributed by atoms with Gasteiger partial charge < -0.3 is 9.47 Å². The van der Waals surface area contributed by atoms with Crippen LogP contribution in [0.2, 0.25) is 0 Å². The van der Waals surface area contributed by atoms with E-state index in [-0.39, 0.29) is 12.5 Å². The molecule has 26 heavy (non-hydrogen) atoms. The molecule has 2 aromatic carbocycles. The number of hydrogen-bond acceptors (Lipinski definition) is 5. The molecule has 1 aliphatic carbocycles. The lowest BCUT2D eigenvalue weighted by molar-refractivity contribution is -0.125. The van der Waals surface area contributed by atoms with Gasteiger partial charge in [0.1, 0.15) is 6.61 Å². The van der Waals surface area contributed by atoms with E-state index in [2.05, 4.69) is 28.5 Å². The highest BCUT2D eigenvalue weighted by Crippen LogP contribution is 2.38. The predicted molar refractivity (Wildman–Crippen MR) is 99.9 cm³/mol. The minimum Gasteiger partial charge on any atom is -0.485 e. The topological polar surface area (TPSA) is 60.5 Å². The summed E-state index contributed by atoms with van der Waals surface area (Å²) in [6, 6.07) is 15.7. The number of nitrogens with one attached hydrogen (secondary N) is 1. The molecule has 1 unspecified atom stereocenters. The Morgan fingerprint density at radius 1 is 1.08 bits per heavy atom. The number of amides is 1. The highest BCUT2D eigenvalue weighted by Gasteiger charge is 2.29. The average Bonchev–Trinajstić information content (AvgIpc) is 3.10. The van der Waals surface area contributed by atoms with Crippen molar-refractivity contribution in [3.8, 4) is 22.8 Å². The van der Waals surface area contributed by atoms with Crippen LogP contribution in [0, 0.1) is 0 Å². The zero-order chi connectivity index (χ0) is 17.5. The van der Waals surface area contributed by atoms with Crippen molar-refractivity contribution in [2.45, 2.75) is 18.9 Å². The first kappa shape index (κ1) is 15.4. The number of fused-ring (bicyclic) bond motifs is 4. The normalized spacial score (nSPS) is 17.2. The minimum absolute atomic E-state index is 0.191. The van der Waals surface area contributed by atoms with Crippen LogP contribution in [0.5, 0.6) is 11.5 Å². The average molecular weight is 364 g/mol. The summed E-state index contributed by atoms with van der Waals surface area (Å²) in [4.78, 5) is 18.5. The molecule has 1 aliphatic heterocycles. The third kappa shape index (κ3) is 2.63. The van der Waals surface area contributed by atoms with E-state index in [0.29, 0.717) is 16.6 Å². The van der Waals surface area contributed by atoms with Crippen molar-refractivity contribution in [1.29, 1.82) is 0 Å². The van der Waals surface area contributed by atoms with Gasteiger partial charge in [-0.15, -0.1) is 11.3 Å². The number of aryl methyl sites for hydroxylation is 2. The monoisotopic (exact) mass is 364 g/mol. The second kappa shape index (κ2) is 6.14. The molecular weight excluding hydrogens is 348 g/mol. The molecule has 0 bridgehead atoms. The molecule has 5 nitrogen and oxygen atoms in total. The van der Waals surface area contributed by atoms with E-state index < -0.39 is 6.10 Å². The number of carbonyl (C=O) groups is 1. The lowest BCUT2D eigenvalue weighted by Gasteiger charge is -2.25. The van der Waals surface area contributed by atoms with Crippen molar-refractivity contribution in [1.82, 2.24) is 4.98 Å². The summed E-state index contributed by atoms with van der Waals surface area (Å²) in [6.07, 6.45) is 1.28. The Balaban J connectivity index is 1.35. The number of rotatable bonds is 2. The van der Waals surface area contributed by atoms with Gasteiger partial charge in [-0.05, 0) is 30.5 Å². The fourth-order valence-electron chi connectivity index (χ4n) is 3.34. The standard InChI is InChI=1S/C20H16N2O3S/c23-19(16-11-24-14-7-3-4-8-15(14)25-16)22-20-21-18-13-6-2-1-5-12(13)9-10-17(18)26-20/h1-8,16H,9-11H2,(H,21,22,23). The molecule has 0 fully saturated rings. The Hall–Kier alpha value is -2.86. The van der Waals surface area contributed by atoms with E-state index in [1.165, 1.54) is 21.8 Å². The molecule has 2 heterocycles. The Labute approximate surface area is 154 Å². The number of aromatic nitrogens is 1. The molecule has 6 heteroatoms. The van der Waals surface area contributed by atoms with Gasteiger partial charge in [0, 0.05) is 10.4 Å². The number of hydrogen-bond donors (Lipinski definition) is 1. The van der Waals surface area contributed by atoms with Crippen molar-refractivity contribution in [3.05, 3.63) is 59.0 Å². The second-order valence-corrected chi connectivity index (χ2v) is 7.39. The van der Waals surface area contributed by atoms with Crippen molar-refractivity contribution < 1.29 is 14.3 Å². The van der Waals surface area contributed by atoms with E-state index in [1.54, 1.807) is 6.07 Å². The first-order chi connectivity index (χ1) is 12.8. The first-order valence-electron chi connectivity index (χ1n) is 8.55. The molecule has 1 aromatic heterocycles. The number of ether oxygens (including phenoxy) is 2. The van der Waals surface area contributed by atoms with Gasteiger partial charge in [-0.25, -0.2) is 4.98 Å². The van der Waals surface area contributed by atoms with Crippen molar-refractivity contribution in [3.63, 3.8) is 0 Å². The van der Waals surface area contributed by atoms with Crippen LogP contribution >= 0.6 is 11.3 Å². The van der Waals surface area contributed by atoms with Crippen LogP contribution < -0.4 is 14.8 Å². The lowest BCUT2D eigenvalue weighted by Crippen LogP contribution is -2.40.